The fourth-order valence-corrected chi connectivity index (χ4v) is 2.23. The predicted molar refractivity (Wildman–Crippen MR) is 89.0 cm³/mol. The van der Waals surface area contributed by atoms with Crippen LogP contribution >= 0.6 is 0 Å². The summed E-state index contributed by atoms with van der Waals surface area (Å²) in [4.78, 5) is 16.4. The van der Waals surface area contributed by atoms with Crippen molar-refractivity contribution in [1.29, 1.82) is 0 Å². The van der Waals surface area contributed by atoms with E-state index in [1.54, 1.807) is 4.90 Å². The number of para-hydroxylation sites is 2. The zero-order valence-corrected chi connectivity index (χ0v) is 12.7. The lowest BCUT2D eigenvalue weighted by Crippen LogP contribution is -2.31. The molecular weight excluding hydrogens is 262 g/mol. The number of anilines is 3. The van der Waals surface area contributed by atoms with E-state index < -0.39 is 0 Å². The SMILES string of the molecule is CCN(C(=O)c1cccc(N(C)C)c1)c1ccccc1N. The highest BCUT2D eigenvalue weighted by Crippen LogP contribution is 2.25. The van der Waals surface area contributed by atoms with Crippen LogP contribution in [0, 0.1) is 0 Å². The average molecular weight is 283 g/mol. The zero-order valence-electron chi connectivity index (χ0n) is 12.7. The van der Waals surface area contributed by atoms with Gasteiger partial charge in [0.1, 0.15) is 0 Å². The molecule has 0 fully saturated rings. The Morgan fingerprint density at radius 1 is 1.10 bits per heavy atom. The summed E-state index contributed by atoms with van der Waals surface area (Å²) >= 11 is 0. The van der Waals surface area contributed by atoms with Crippen molar-refractivity contribution in [2.24, 2.45) is 0 Å². The third kappa shape index (κ3) is 3.16. The second-order valence-electron chi connectivity index (χ2n) is 5.05. The minimum atomic E-state index is -0.0425. The molecule has 4 heteroatoms. The monoisotopic (exact) mass is 283 g/mol. The van der Waals surface area contributed by atoms with Crippen LogP contribution in [0.3, 0.4) is 0 Å². The second kappa shape index (κ2) is 6.31. The molecule has 0 aliphatic heterocycles. The van der Waals surface area contributed by atoms with Crippen molar-refractivity contribution in [1.82, 2.24) is 0 Å². The molecule has 0 aromatic heterocycles. The fourth-order valence-electron chi connectivity index (χ4n) is 2.23. The fraction of sp³-hybridized carbons (Fsp3) is 0.235. The molecule has 1 amide bonds. The minimum absolute atomic E-state index is 0.0425. The summed E-state index contributed by atoms with van der Waals surface area (Å²) < 4.78 is 0. The second-order valence-corrected chi connectivity index (χ2v) is 5.05. The third-order valence-corrected chi connectivity index (χ3v) is 3.40. The maximum absolute atomic E-state index is 12.8. The third-order valence-electron chi connectivity index (χ3n) is 3.40. The van der Waals surface area contributed by atoms with E-state index in [1.165, 1.54) is 0 Å². The van der Waals surface area contributed by atoms with Crippen molar-refractivity contribution in [2.75, 3.05) is 36.2 Å². The van der Waals surface area contributed by atoms with Gasteiger partial charge in [0.15, 0.2) is 0 Å². The van der Waals surface area contributed by atoms with Gasteiger partial charge < -0.3 is 15.5 Å². The van der Waals surface area contributed by atoms with Gasteiger partial charge in [-0.2, -0.15) is 0 Å². The van der Waals surface area contributed by atoms with Crippen LogP contribution in [0.15, 0.2) is 48.5 Å². The molecule has 0 unspecified atom stereocenters. The Kier molecular flexibility index (Phi) is 4.48. The number of carbonyl (C=O) groups excluding carboxylic acids is 1. The molecule has 2 rings (SSSR count). The normalized spacial score (nSPS) is 10.2. The van der Waals surface area contributed by atoms with E-state index in [0.29, 0.717) is 17.8 Å². The van der Waals surface area contributed by atoms with E-state index in [-0.39, 0.29) is 5.91 Å². The van der Waals surface area contributed by atoms with Crippen LogP contribution in [0.4, 0.5) is 17.1 Å². The lowest BCUT2D eigenvalue weighted by Gasteiger charge is -2.23. The van der Waals surface area contributed by atoms with Crippen LogP contribution in [0.5, 0.6) is 0 Å². The number of rotatable bonds is 4. The number of nitrogen functional groups attached to an aromatic ring is 1. The van der Waals surface area contributed by atoms with Gasteiger partial charge in [0, 0.05) is 31.9 Å². The van der Waals surface area contributed by atoms with Gasteiger partial charge in [0.25, 0.3) is 5.91 Å². The topological polar surface area (TPSA) is 49.6 Å². The molecule has 4 nitrogen and oxygen atoms in total. The first-order chi connectivity index (χ1) is 10.0. The van der Waals surface area contributed by atoms with Crippen molar-refractivity contribution >= 4 is 23.0 Å². The Morgan fingerprint density at radius 3 is 2.43 bits per heavy atom. The van der Waals surface area contributed by atoms with Gasteiger partial charge >= 0.3 is 0 Å². The molecule has 110 valence electrons. The molecule has 2 aromatic rings. The highest BCUT2D eigenvalue weighted by molar-refractivity contribution is 6.08. The van der Waals surface area contributed by atoms with Crippen molar-refractivity contribution in [3.05, 3.63) is 54.1 Å². The Labute approximate surface area is 125 Å². The summed E-state index contributed by atoms with van der Waals surface area (Å²) in [5.41, 5.74) is 9.00. The van der Waals surface area contributed by atoms with E-state index in [0.717, 1.165) is 11.4 Å². The lowest BCUT2D eigenvalue weighted by molar-refractivity contribution is 0.0988. The van der Waals surface area contributed by atoms with E-state index >= 15 is 0 Å². The van der Waals surface area contributed by atoms with Gasteiger partial charge in [-0.15, -0.1) is 0 Å². The Balaban J connectivity index is 2.37. The predicted octanol–water partition coefficient (Wildman–Crippen LogP) is 3.00. The van der Waals surface area contributed by atoms with Gasteiger partial charge in [0.05, 0.1) is 11.4 Å². The van der Waals surface area contributed by atoms with Gasteiger partial charge in [-0.25, -0.2) is 0 Å². The summed E-state index contributed by atoms with van der Waals surface area (Å²) in [5.74, 6) is -0.0425. The summed E-state index contributed by atoms with van der Waals surface area (Å²) in [5, 5.41) is 0. The molecule has 21 heavy (non-hydrogen) atoms. The molecule has 0 aliphatic rings. The van der Waals surface area contributed by atoms with Crippen LogP contribution in [0.25, 0.3) is 0 Å². The molecule has 0 heterocycles. The number of benzene rings is 2. The highest BCUT2D eigenvalue weighted by Gasteiger charge is 2.18. The Bertz CT molecular complexity index is 637. The van der Waals surface area contributed by atoms with Gasteiger partial charge in [-0.1, -0.05) is 18.2 Å². The van der Waals surface area contributed by atoms with Crippen LogP contribution in [-0.4, -0.2) is 26.5 Å². The minimum Gasteiger partial charge on any atom is -0.397 e. The van der Waals surface area contributed by atoms with Crippen molar-refractivity contribution < 1.29 is 4.79 Å². The Morgan fingerprint density at radius 2 is 1.81 bits per heavy atom. The smallest absolute Gasteiger partial charge is 0.258 e. The largest absolute Gasteiger partial charge is 0.397 e. The molecule has 0 spiro atoms. The summed E-state index contributed by atoms with van der Waals surface area (Å²) in [6, 6.07) is 15.0. The van der Waals surface area contributed by atoms with Crippen LogP contribution < -0.4 is 15.5 Å². The van der Waals surface area contributed by atoms with Gasteiger partial charge in [-0.3, -0.25) is 4.79 Å². The number of amides is 1. The first-order valence-corrected chi connectivity index (χ1v) is 6.98. The molecule has 0 saturated heterocycles. The molecular formula is C17H21N3O. The first kappa shape index (κ1) is 14.9. The van der Waals surface area contributed by atoms with E-state index in [9.17, 15) is 4.79 Å². The van der Waals surface area contributed by atoms with Crippen LogP contribution in [0.2, 0.25) is 0 Å². The number of hydrogen-bond donors (Lipinski definition) is 1. The average Bonchev–Trinajstić information content (AvgIpc) is 2.50. The quantitative estimate of drug-likeness (QED) is 0.878. The lowest BCUT2D eigenvalue weighted by atomic mass is 10.1. The molecule has 0 radical (unpaired) electrons. The zero-order chi connectivity index (χ0) is 15.4. The molecule has 0 saturated carbocycles. The molecule has 2 aromatic carbocycles. The number of carbonyl (C=O) groups is 1. The van der Waals surface area contributed by atoms with Crippen LogP contribution in [-0.2, 0) is 0 Å². The number of nitrogens with two attached hydrogens (primary N) is 1. The summed E-state index contributed by atoms with van der Waals surface area (Å²) in [6.07, 6.45) is 0. The van der Waals surface area contributed by atoms with Crippen molar-refractivity contribution in [3.63, 3.8) is 0 Å². The molecule has 0 aliphatic carbocycles. The van der Waals surface area contributed by atoms with Gasteiger partial charge in [0.2, 0.25) is 0 Å². The first-order valence-electron chi connectivity index (χ1n) is 6.98. The van der Waals surface area contributed by atoms with E-state index in [1.807, 2.05) is 74.4 Å². The highest BCUT2D eigenvalue weighted by atomic mass is 16.2. The Hall–Kier alpha value is -2.49. The number of nitrogens with zero attached hydrogens (tertiary/aromatic N) is 2. The summed E-state index contributed by atoms with van der Waals surface area (Å²) in [6.45, 7) is 2.51. The maximum Gasteiger partial charge on any atom is 0.258 e. The molecule has 0 atom stereocenters. The molecule has 0 bridgehead atoms. The summed E-state index contributed by atoms with van der Waals surface area (Å²) in [7, 11) is 3.91. The van der Waals surface area contributed by atoms with Crippen LogP contribution in [0.1, 0.15) is 17.3 Å². The van der Waals surface area contributed by atoms with Crippen molar-refractivity contribution in [2.45, 2.75) is 6.92 Å². The van der Waals surface area contributed by atoms with E-state index in [2.05, 4.69) is 0 Å². The molecule has 2 N–H and O–H groups in total. The van der Waals surface area contributed by atoms with E-state index in [4.69, 9.17) is 5.73 Å². The van der Waals surface area contributed by atoms with Gasteiger partial charge in [-0.05, 0) is 37.3 Å². The number of hydrogen-bond acceptors (Lipinski definition) is 3. The standard InChI is InChI=1S/C17H21N3O/c1-4-20(16-11-6-5-10-15(16)18)17(21)13-8-7-9-14(12-13)19(2)3/h5-12H,4,18H2,1-3H3. The maximum atomic E-state index is 12.8. The van der Waals surface area contributed by atoms with Crippen molar-refractivity contribution in [3.8, 4) is 0 Å².